The molecule has 2 rings (SSSR count). The fraction of sp³-hybridized carbons (Fsp3) is 0.800. The maximum absolute atomic E-state index is 10.7. The maximum atomic E-state index is 10.7. The van der Waals surface area contributed by atoms with Crippen LogP contribution in [0.15, 0.2) is 17.4 Å². The first-order valence-electron chi connectivity index (χ1n) is 10.5. The number of nitrogens with zero attached hydrogens (tertiary/aromatic N) is 5. The molecule has 0 saturated carbocycles. The van der Waals surface area contributed by atoms with Crippen LogP contribution in [0.2, 0.25) is 0 Å². The van der Waals surface area contributed by atoms with Gasteiger partial charge in [-0.25, -0.2) is 4.99 Å². The predicted octanol–water partition coefficient (Wildman–Crippen LogP) is 1.07. The van der Waals surface area contributed by atoms with E-state index < -0.39 is 5.60 Å². The number of hydrogen-bond acceptors (Lipinski definition) is 5. The highest BCUT2D eigenvalue weighted by molar-refractivity contribution is 14.0. The molecule has 0 bridgehead atoms. The molecule has 2 atom stereocenters. The van der Waals surface area contributed by atoms with Crippen molar-refractivity contribution in [2.75, 3.05) is 58.9 Å². The summed E-state index contributed by atoms with van der Waals surface area (Å²) in [6.07, 6.45) is 3.52. The highest BCUT2D eigenvalue weighted by Gasteiger charge is 2.24. The lowest BCUT2D eigenvalue weighted by molar-refractivity contribution is 0.0671. The van der Waals surface area contributed by atoms with Crippen molar-refractivity contribution in [3.05, 3.63) is 18.0 Å². The Morgan fingerprint density at radius 3 is 2.45 bits per heavy atom. The highest BCUT2D eigenvalue weighted by Crippen LogP contribution is 2.19. The number of aromatic nitrogens is 2. The Labute approximate surface area is 193 Å². The van der Waals surface area contributed by atoms with Crippen LogP contribution >= 0.6 is 24.0 Å². The highest BCUT2D eigenvalue weighted by atomic mass is 127. The van der Waals surface area contributed by atoms with Crippen LogP contribution in [0.3, 0.4) is 0 Å². The van der Waals surface area contributed by atoms with Crippen LogP contribution < -0.4 is 10.6 Å². The Balaban J connectivity index is 0.00000420. The number of aryl methyl sites for hydroxylation is 1. The molecule has 0 radical (unpaired) electrons. The van der Waals surface area contributed by atoms with Crippen LogP contribution in [0.5, 0.6) is 0 Å². The van der Waals surface area contributed by atoms with E-state index in [-0.39, 0.29) is 30.5 Å². The molecular weight excluding hydrogens is 481 g/mol. The zero-order valence-corrected chi connectivity index (χ0v) is 21.0. The smallest absolute Gasteiger partial charge is 0.191 e. The quantitative estimate of drug-likeness (QED) is 0.257. The van der Waals surface area contributed by atoms with Gasteiger partial charge in [0.1, 0.15) is 5.60 Å². The lowest BCUT2D eigenvalue weighted by atomic mass is 10.0. The van der Waals surface area contributed by atoms with E-state index in [1.54, 1.807) is 17.8 Å². The third kappa shape index (κ3) is 8.77. The van der Waals surface area contributed by atoms with Gasteiger partial charge in [-0.3, -0.25) is 4.68 Å². The summed E-state index contributed by atoms with van der Waals surface area (Å²) >= 11 is 0. The average Bonchev–Trinajstić information content (AvgIpc) is 3.12. The first kappa shape index (κ1) is 26.1. The van der Waals surface area contributed by atoms with E-state index in [0.717, 1.165) is 50.8 Å². The fourth-order valence-electron chi connectivity index (χ4n) is 3.43. The van der Waals surface area contributed by atoms with Gasteiger partial charge in [0.05, 0.1) is 12.7 Å². The van der Waals surface area contributed by atoms with Crippen LogP contribution in [0, 0.1) is 5.92 Å². The minimum atomic E-state index is -1.04. The number of rotatable bonds is 9. The van der Waals surface area contributed by atoms with Crippen molar-refractivity contribution in [2.45, 2.75) is 33.3 Å². The Bertz CT molecular complexity index is 612. The molecular formula is C20H40IN7O. The molecule has 1 aromatic heterocycles. The Morgan fingerprint density at radius 2 is 1.90 bits per heavy atom. The van der Waals surface area contributed by atoms with Crippen LogP contribution in [-0.2, 0) is 12.6 Å². The number of likely N-dealkylation sites (N-methyl/N-ethyl adjacent to an activating group) is 1. The van der Waals surface area contributed by atoms with Crippen LogP contribution in [0.25, 0.3) is 0 Å². The minimum absolute atomic E-state index is 0. The zero-order valence-electron chi connectivity index (χ0n) is 18.7. The number of guanidine groups is 1. The lowest BCUT2D eigenvalue weighted by Gasteiger charge is -2.35. The third-order valence-corrected chi connectivity index (χ3v) is 5.32. The molecule has 8 nitrogen and oxygen atoms in total. The van der Waals surface area contributed by atoms with Gasteiger partial charge in [-0.2, -0.15) is 5.10 Å². The van der Waals surface area contributed by atoms with Gasteiger partial charge < -0.3 is 25.5 Å². The second kappa shape index (κ2) is 12.7. The van der Waals surface area contributed by atoms with Crippen LogP contribution in [-0.4, -0.2) is 89.5 Å². The monoisotopic (exact) mass is 521 g/mol. The number of piperazine rings is 1. The van der Waals surface area contributed by atoms with Crippen LogP contribution in [0.1, 0.15) is 33.3 Å². The SMILES string of the molecule is CCNC(=NCC(C)(O)c1cnn(C)c1)NCC(C)CN1CCN(CC)CC1.I. The zero-order chi connectivity index (χ0) is 20.6. The number of hydrogen-bond donors (Lipinski definition) is 3. The van der Waals surface area contributed by atoms with E-state index in [0.29, 0.717) is 5.92 Å². The summed E-state index contributed by atoms with van der Waals surface area (Å²) < 4.78 is 1.69. The van der Waals surface area contributed by atoms with Gasteiger partial charge in [-0.15, -0.1) is 24.0 Å². The predicted molar refractivity (Wildman–Crippen MR) is 130 cm³/mol. The summed E-state index contributed by atoms with van der Waals surface area (Å²) in [4.78, 5) is 9.65. The van der Waals surface area contributed by atoms with E-state index >= 15 is 0 Å². The molecule has 0 aliphatic carbocycles. The summed E-state index contributed by atoms with van der Waals surface area (Å²) in [5.41, 5.74) is -0.268. The van der Waals surface area contributed by atoms with Gasteiger partial charge >= 0.3 is 0 Å². The summed E-state index contributed by atoms with van der Waals surface area (Å²) in [7, 11) is 1.85. The summed E-state index contributed by atoms with van der Waals surface area (Å²) in [6.45, 7) is 17.1. The molecule has 0 amide bonds. The van der Waals surface area contributed by atoms with Crippen molar-refractivity contribution >= 4 is 29.9 Å². The number of aliphatic hydroxyl groups is 1. The van der Waals surface area contributed by atoms with Gasteiger partial charge in [0.25, 0.3) is 0 Å². The van der Waals surface area contributed by atoms with E-state index in [1.165, 1.54) is 13.1 Å². The fourth-order valence-corrected chi connectivity index (χ4v) is 3.43. The maximum Gasteiger partial charge on any atom is 0.191 e. The standard InChI is InChI=1S/C20H39N7O.HI/c1-6-21-19(23-16-20(4,28)18-13-24-25(5)15-18)22-12-17(3)14-27-10-8-26(7-2)9-11-27;/h13,15,17,28H,6-12,14,16H2,1-5H3,(H2,21,22,23);1H. The van der Waals surface area contributed by atoms with Crippen molar-refractivity contribution < 1.29 is 5.11 Å². The van der Waals surface area contributed by atoms with Crippen molar-refractivity contribution in [3.63, 3.8) is 0 Å². The minimum Gasteiger partial charge on any atom is -0.383 e. The Hall–Kier alpha value is -0.910. The van der Waals surface area contributed by atoms with E-state index in [1.807, 2.05) is 20.2 Å². The molecule has 29 heavy (non-hydrogen) atoms. The van der Waals surface area contributed by atoms with Gasteiger partial charge in [0.15, 0.2) is 5.96 Å². The summed E-state index contributed by atoms with van der Waals surface area (Å²) in [6, 6.07) is 0. The molecule has 1 aliphatic rings. The van der Waals surface area contributed by atoms with Crippen molar-refractivity contribution in [1.82, 2.24) is 30.2 Å². The second-order valence-electron chi connectivity index (χ2n) is 8.09. The molecule has 1 saturated heterocycles. The first-order valence-corrected chi connectivity index (χ1v) is 10.5. The van der Waals surface area contributed by atoms with Gasteiger partial charge in [-0.1, -0.05) is 13.8 Å². The Morgan fingerprint density at radius 1 is 1.24 bits per heavy atom. The molecule has 1 aromatic rings. The molecule has 2 heterocycles. The molecule has 2 unspecified atom stereocenters. The molecule has 1 aliphatic heterocycles. The number of nitrogens with one attached hydrogen (secondary N) is 2. The molecule has 1 fully saturated rings. The molecule has 3 N–H and O–H groups in total. The lowest BCUT2D eigenvalue weighted by Crippen LogP contribution is -2.48. The molecule has 0 aromatic carbocycles. The van der Waals surface area contributed by atoms with E-state index in [4.69, 9.17) is 0 Å². The summed E-state index contributed by atoms with van der Waals surface area (Å²) in [5.74, 6) is 1.27. The van der Waals surface area contributed by atoms with Crippen molar-refractivity contribution in [2.24, 2.45) is 18.0 Å². The van der Waals surface area contributed by atoms with Gasteiger partial charge in [0.2, 0.25) is 0 Å². The third-order valence-electron chi connectivity index (χ3n) is 5.32. The van der Waals surface area contributed by atoms with Crippen molar-refractivity contribution in [1.29, 1.82) is 0 Å². The number of halogens is 1. The largest absolute Gasteiger partial charge is 0.383 e. The number of aliphatic imine (C=N–C) groups is 1. The van der Waals surface area contributed by atoms with Crippen LogP contribution in [0.4, 0.5) is 0 Å². The van der Waals surface area contributed by atoms with Gasteiger partial charge in [-0.05, 0) is 26.3 Å². The molecule has 0 spiro atoms. The average molecular weight is 521 g/mol. The normalized spacial score (nSPS) is 19.3. The first-order chi connectivity index (χ1) is 13.3. The molecule has 168 valence electrons. The van der Waals surface area contributed by atoms with E-state index in [2.05, 4.69) is 44.4 Å². The summed E-state index contributed by atoms with van der Waals surface area (Å²) in [5, 5.41) is 21.6. The second-order valence-corrected chi connectivity index (χ2v) is 8.09. The van der Waals surface area contributed by atoms with E-state index in [9.17, 15) is 5.11 Å². The topological polar surface area (TPSA) is 80.9 Å². The van der Waals surface area contributed by atoms with Crippen molar-refractivity contribution in [3.8, 4) is 0 Å². The van der Waals surface area contributed by atoms with Gasteiger partial charge in [0, 0.05) is 64.6 Å². The Kier molecular flexibility index (Phi) is 11.4. The molecule has 9 heteroatoms.